The van der Waals surface area contributed by atoms with Crippen molar-refractivity contribution in [3.63, 3.8) is 0 Å². The van der Waals surface area contributed by atoms with Crippen molar-refractivity contribution in [2.45, 2.75) is 155 Å². The van der Waals surface area contributed by atoms with Crippen LogP contribution in [0.15, 0.2) is 0 Å². The lowest BCUT2D eigenvalue weighted by atomic mass is 9.94. The summed E-state index contributed by atoms with van der Waals surface area (Å²) in [6, 6.07) is 0.825. The number of likely N-dealkylation sites (tertiary alicyclic amines) is 2. The Kier molecular flexibility index (Phi) is 17.7. The first-order chi connectivity index (χ1) is 17.2. The maximum Gasteiger partial charge on any atom is 0.0599 e. The molecule has 0 aromatic rings. The minimum atomic E-state index is 0.518. The second-order valence-corrected chi connectivity index (χ2v) is 12.1. The van der Waals surface area contributed by atoms with Crippen LogP contribution in [-0.2, 0) is 4.74 Å². The van der Waals surface area contributed by atoms with Gasteiger partial charge in [0.1, 0.15) is 0 Å². The predicted molar refractivity (Wildman–Crippen MR) is 154 cm³/mol. The summed E-state index contributed by atoms with van der Waals surface area (Å²) in [6.07, 6.45) is 25.4. The molecule has 2 saturated heterocycles. The Morgan fingerprint density at radius 3 is 1.91 bits per heavy atom. The Morgan fingerprint density at radius 2 is 1.29 bits per heavy atom. The average Bonchev–Trinajstić information content (AvgIpc) is 2.89. The average molecular weight is 493 g/mol. The third-order valence-corrected chi connectivity index (χ3v) is 9.06. The summed E-state index contributed by atoms with van der Waals surface area (Å²) in [6.45, 7) is 16.9. The fourth-order valence-electron chi connectivity index (χ4n) is 6.60. The Hall–Kier alpha value is -0.120. The summed E-state index contributed by atoms with van der Waals surface area (Å²) in [5, 5.41) is 0. The molecule has 2 aliphatic rings. The molecular weight excluding hydrogens is 428 g/mol. The first-order valence-electron chi connectivity index (χ1n) is 16.3. The second-order valence-electron chi connectivity index (χ2n) is 12.1. The lowest BCUT2D eigenvalue weighted by molar-refractivity contribution is -0.0241. The maximum absolute atomic E-state index is 6.49. The number of hydrogen-bond acceptors (Lipinski definition) is 3. The molecule has 2 atom stereocenters. The first kappa shape index (κ1) is 31.1. The molecule has 0 aliphatic carbocycles. The molecule has 0 aromatic heterocycles. The number of unbranched alkanes of at least 4 members (excludes halogenated alkanes) is 7. The van der Waals surface area contributed by atoms with Gasteiger partial charge >= 0.3 is 0 Å². The summed E-state index contributed by atoms with van der Waals surface area (Å²) in [5.74, 6) is 1.71. The molecule has 2 unspecified atom stereocenters. The molecular formula is C32H64N2O. The molecule has 2 aliphatic heterocycles. The summed E-state index contributed by atoms with van der Waals surface area (Å²) in [5.41, 5.74) is 0. The molecule has 3 heteroatoms. The number of rotatable bonds is 20. The largest absolute Gasteiger partial charge is 0.378 e. The van der Waals surface area contributed by atoms with Crippen LogP contribution in [0.3, 0.4) is 0 Å². The molecule has 0 spiro atoms. The minimum Gasteiger partial charge on any atom is -0.378 e. The van der Waals surface area contributed by atoms with E-state index in [9.17, 15) is 0 Å². The van der Waals surface area contributed by atoms with Crippen LogP contribution in [-0.4, -0.2) is 61.3 Å². The quantitative estimate of drug-likeness (QED) is 0.158. The lowest BCUT2D eigenvalue weighted by Gasteiger charge is -2.38. The first-order valence-corrected chi connectivity index (χ1v) is 16.3. The molecule has 0 radical (unpaired) electrons. The summed E-state index contributed by atoms with van der Waals surface area (Å²) < 4.78 is 6.49. The standard InChI is InChI=1S/C32H64N2O/c1-5-9-11-13-15-18-31(8-4)34-25-19-30(20-26-34)28-35-32-21-23-33(24-22-32)27-29(16-7-3)17-14-12-10-6-2/h29-32H,5-28H2,1-4H3. The number of ether oxygens (including phenoxy) is 1. The van der Waals surface area contributed by atoms with Crippen LogP contribution in [0.2, 0.25) is 0 Å². The van der Waals surface area contributed by atoms with Crippen LogP contribution in [0.25, 0.3) is 0 Å². The Labute approximate surface area is 221 Å². The van der Waals surface area contributed by atoms with Gasteiger partial charge in [-0.25, -0.2) is 0 Å². The minimum absolute atomic E-state index is 0.518. The van der Waals surface area contributed by atoms with Crippen LogP contribution >= 0.6 is 0 Å². The molecule has 0 aromatic carbocycles. The Balaban J connectivity index is 1.57. The molecule has 2 rings (SSSR count). The zero-order valence-corrected chi connectivity index (χ0v) is 24.6. The molecule has 3 nitrogen and oxygen atoms in total. The van der Waals surface area contributed by atoms with Crippen molar-refractivity contribution >= 4 is 0 Å². The highest BCUT2D eigenvalue weighted by atomic mass is 16.5. The highest BCUT2D eigenvalue weighted by Gasteiger charge is 2.26. The smallest absolute Gasteiger partial charge is 0.0599 e. The van der Waals surface area contributed by atoms with Crippen molar-refractivity contribution in [2.24, 2.45) is 11.8 Å². The maximum atomic E-state index is 6.49. The Bertz CT molecular complexity index is 468. The van der Waals surface area contributed by atoms with Gasteiger partial charge in [0.05, 0.1) is 6.10 Å². The van der Waals surface area contributed by atoms with E-state index in [4.69, 9.17) is 4.74 Å². The van der Waals surface area contributed by atoms with Crippen LogP contribution in [0, 0.1) is 11.8 Å². The van der Waals surface area contributed by atoms with E-state index in [2.05, 4.69) is 37.5 Å². The van der Waals surface area contributed by atoms with E-state index in [-0.39, 0.29) is 0 Å². The zero-order valence-electron chi connectivity index (χ0n) is 24.6. The number of nitrogens with zero attached hydrogens (tertiary/aromatic N) is 2. The van der Waals surface area contributed by atoms with E-state index in [1.165, 1.54) is 148 Å². The third-order valence-electron chi connectivity index (χ3n) is 9.06. The van der Waals surface area contributed by atoms with Crippen molar-refractivity contribution in [1.82, 2.24) is 9.80 Å². The molecule has 35 heavy (non-hydrogen) atoms. The topological polar surface area (TPSA) is 15.7 Å². The van der Waals surface area contributed by atoms with Gasteiger partial charge in [-0.2, -0.15) is 0 Å². The van der Waals surface area contributed by atoms with E-state index in [1.54, 1.807) is 0 Å². The van der Waals surface area contributed by atoms with Crippen LogP contribution < -0.4 is 0 Å². The normalized spacial score (nSPS) is 20.9. The van der Waals surface area contributed by atoms with E-state index in [0.29, 0.717) is 6.10 Å². The molecule has 2 fully saturated rings. The van der Waals surface area contributed by atoms with Crippen LogP contribution in [0.1, 0.15) is 143 Å². The molecule has 0 amide bonds. The number of piperidine rings is 2. The monoisotopic (exact) mass is 493 g/mol. The van der Waals surface area contributed by atoms with Gasteiger partial charge in [0, 0.05) is 32.3 Å². The van der Waals surface area contributed by atoms with Gasteiger partial charge in [-0.05, 0) is 76.3 Å². The molecule has 0 saturated carbocycles. The van der Waals surface area contributed by atoms with Gasteiger partial charge in [-0.3, -0.25) is 0 Å². The summed E-state index contributed by atoms with van der Waals surface area (Å²) in [7, 11) is 0. The van der Waals surface area contributed by atoms with E-state index in [0.717, 1.165) is 24.5 Å². The molecule has 208 valence electrons. The van der Waals surface area contributed by atoms with E-state index in [1.807, 2.05) is 0 Å². The van der Waals surface area contributed by atoms with Gasteiger partial charge in [-0.15, -0.1) is 0 Å². The van der Waals surface area contributed by atoms with Crippen molar-refractivity contribution < 1.29 is 4.74 Å². The highest BCUT2D eigenvalue weighted by Crippen LogP contribution is 2.25. The second kappa shape index (κ2) is 19.9. The third kappa shape index (κ3) is 13.3. The molecule has 0 N–H and O–H groups in total. The van der Waals surface area contributed by atoms with E-state index >= 15 is 0 Å². The zero-order chi connectivity index (χ0) is 25.1. The fourth-order valence-corrected chi connectivity index (χ4v) is 6.60. The summed E-state index contributed by atoms with van der Waals surface area (Å²) in [4.78, 5) is 5.56. The lowest BCUT2D eigenvalue weighted by Crippen LogP contribution is -2.43. The van der Waals surface area contributed by atoms with Gasteiger partial charge in [0.2, 0.25) is 0 Å². The van der Waals surface area contributed by atoms with E-state index < -0.39 is 0 Å². The molecule has 2 heterocycles. The van der Waals surface area contributed by atoms with Gasteiger partial charge in [0.25, 0.3) is 0 Å². The van der Waals surface area contributed by atoms with Crippen LogP contribution in [0.4, 0.5) is 0 Å². The Morgan fingerprint density at radius 1 is 0.657 bits per heavy atom. The van der Waals surface area contributed by atoms with Crippen molar-refractivity contribution in [2.75, 3.05) is 39.3 Å². The van der Waals surface area contributed by atoms with Crippen molar-refractivity contribution in [1.29, 1.82) is 0 Å². The highest BCUT2D eigenvalue weighted by molar-refractivity contribution is 4.80. The summed E-state index contributed by atoms with van der Waals surface area (Å²) >= 11 is 0. The SMILES string of the molecule is CCCCCCCC(CC)N1CCC(COC2CCN(CC(CCC)CCCCCC)CC2)CC1. The van der Waals surface area contributed by atoms with Crippen molar-refractivity contribution in [3.8, 4) is 0 Å². The molecule has 0 bridgehead atoms. The van der Waals surface area contributed by atoms with Crippen molar-refractivity contribution in [3.05, 3.63) is 0 Å². The van der Waals surface area contributed by atoms with Gasteiger partial charge in [0.15, 0.2) is 0 Å². The number of hydrogen-bond donors (Lipinski definition) is 0. The van der Waals surface area contributed by atoms with Gasteiger partial charge < -0.3 is 14.5 Å². The predicted octanol–water partition coefficient (Wildman–Crippen LogP) is 8.71. The van der Waals surface area contributed by atoms with Crippen LogP contribution in [0.5, 0.6) is 0 Å². The fraction of sp³-hybridized carbons (Fsp3) is 1.00. The van der Waals surface area contributed by atoms with Gasteiger partial charge in [-0.1, -0.05) is 91.9 Å².